The molecular formula is C11H13ClN8. The predicted octanol–water partition coefficient (Wildman–Crippen LogP) is 0.869. The largest absolute Gasteiger partial charge is 0.369 e. The molecule has 8 nitrogen and oxygen atoms in total. The molecule has 0 bridgehead atoms. The lowest BCUT2D eigenvalue weighted by atomic mass is 10.3. The third-order valence-electron chi connectivity index (χ3n) is 3.05. The first kappa shape index (κ1) is 12.8. The Kier molecular flexibility index (Phi) is 3.23. The van der Waals surface area contributed by atoms with Gasteiger partial charge in [0.15, 0.2) is 0 Å². The number of nitrogens with zero attached hydrogens (tertiary/aromatic N) is 7. The number of aryl methyl sites for hydroxylation is 1. The lowest BCUT2D eigenvalue weighted by Crippen LogP contribution is -2.13. The van der Waals surface area contributed by atoms with Crippen LogP contribution in [0.4, 0.5) is 5.82 Å². The van der Waals surface area contributed by atoms with E-state index in [1.54, 1.807) is 10.8 Å². The first-order chi connectivity index (χ1) is 9.66. The molecule has 20 heavy (non-hydrogen) atoms. The van der Waals surface area contributed by atoms with Gasteiger partial charge in [-0.05, 0) is 6.92 Å². The molecule has 3 rings (SSSR count). The molecule has 0 aliphatic carbocycles. The number of nitrogens with one attached hydrogen (secondary N) is 1. The first-order valence-electron chi connectivity index (χ1n) is 6.09. The van der Waals surface area contributed by atoms with Gasteiger partial charge in [0, 0.05) is 25.6 Å². The van der Waals surface area contributed by atoms with Gasteiger partial charge < -0.3 is 9.88 Å². The zero-order chi connectivity index (χ0) is 14.1. The Hall–Kier alpha value is -2.22. The number of anilines is 1. The molecule has 0 unspecified atom stereocenters. The zero-order valence-electron chi connectivity index (χ0n) is 11.1. The summed E-state index contributed by atoms with van der Waals surface area (Å²) in [5, 5.41) is 15.8. The van der Waals surface area contributed by atoms with Crippen LogP contribution in [0.3, 0.4) is 0 Å². The number of halogens is 1. The summed E-state index contributed by atoms with van der Waals surface area (Å²) in [7, 11) is 1.92. The van der Waals surface area contributed by atoms with Crippen molar-refractivity contribution in [2.24, 2.45) is 7.05 Å². The highest BCUT2D eigenvalue weighted by molar-refractivity contribution is 6.30. The topological polar surface area (TPSA) is 85.8 Å². The molecule has 3 heterocycles. The van der Waals surface area contributed by atoms with E-state index in [1.807, 2.05) is 18.5 Å². The molecule has 0 fully saturated rings. The molecule has 0 saturated carbocycles. The fourth-order valence-electron chi connectivity index (χ4n) is 1.93. The summed E-state index contributed by atoms with van der Waals surface area (Å²) in [4.78, 5) is 8.20. The van der Waals surface area contributed by atoms with E-state index in [0.717, 1.165) is 23.6 Å². The average Bonchev–Trinajstić information content (AvgIpc) is 3.03. The summed E-state index contributed by atoms with van der Waals surface area (Å²) >= 11 is 6.09. The molecule has 0 aromatic carbocycles. The number of hydrogen-bond donors (Lipinski definition) is 1. The van der Waals surface area contributed by atoms with Gasteiger partial charge >= 0.3 is 0 Å². The van der Waals surface area contributed by atoms with E-state index in [1.165, 1.54) is 6.33 Å². The lowest BCUT2D eigenvalue weighted by molar-refractivity contribution is 0.783. The summed E-state index contributed by atoms with van der Waals surface area (Å²) in [5.74, 6) is 2.17. The minimum absolute atomic E-state index is 0.423. The zero-order valence-corrected chi connectivity index (χ0v) is 11.8. The van der Waals surface area contributed by atoms with Gasteiger partial charge in [-0.2, -0.15) is 19.6 Å². The number of fused-ring (bicyclic) bond motifs is 1. The predicted molar refractivity (Wildman–Crippen MR) is 73.7 cm³/mol. The van der Waals surface area contributed by atoms with E-state index in [9.17, 15) is 0 Å². The van der Waals surface area contributed by atoms with Crippen molar-refractivity contribution in [3.63, 3.8) is 0 Å². The SMILES string of the molecule is Cc1c(Cl)nc2ncnn2c1NCCc1nncn1C. The summed E-state index contributed by atoms with van der Waals surface area (Å²) in [6.45, 7) is 2.57. The van der Waals surface area contributed by atoms with Crippen LogP contribution in [0.15, 0.2) is 12.7 Å². The van der Waals surface area contributed by atoms with Crippen molar-refractivity contribution in [2.45, 2.75) is 13.3 Å². The smallest absolute Gasteiger partial charge is 0.255 e. The molecule has 0 aliphatic rings. The highest BCUT2D eigenvalue weighted by Gasteiger charge is 2.12. The molecule has 3 aromatic rings. The summed E-state index contributed by atoms with van der Waals surface area (Å²) < 4.78 is 3.52. The lowest BCUT2D eigenvalue weighted by Gasteiger charge is -2.11. The van der Waals surface area contributed by atoms with Gasteiger partial charge in [-0.25, -0.2) is 0 Å². The second kappa shape index (κ2) is 5.04. The van der Waals surface area contributed by atoms with Crippen LogP contribution in [0.1, 0.15) is 11.4 Å². The minimum atomic E-state index is 0.423. The van der Waals surface area contributed by atoms with E-state index >= 15 is 0 Å². The summed E-state index contributed by atoms with van der Waals surface area (Å²) in [6, 6.07) is 0. The minimum Gasteiger partial charge on any atom is -0.369 e. The number of rotatable bonds is 4. The molecule has 1 N–H and O–H groups in total. The Labute approximate surface area is 119 Å². The maximum Gasteiger partial charge on any atom is 0.255 e. The van der Waals surface area contributed by atoms with Gasteiger partial charge in [-0.15, -0.1) is 10.2 Å². The van der Waals surface area contributed by atoms with Gasteiger partial charge in [0.25, 0.3) is 5.78 Å². The van der Waals surface area contributed by atoms with Crippen molar-refractivity contribution in [3.8, 4) is 0 Å². The van der Waals surface area contributed by atoms with Gasteiger partial charge in [0.2, 0.25) is 0 Å². The van der Waals surface area contributed by atoms with Gasteiger partial charge in [0.05, 0.1) is 0 Å². The van der Waals surface area contributed by atoms with Crippen LogP contribution in [-0.2, 0) is 13.5 Å². The van der Waals surface area contributed by atoms with Crippen LogP contribution < -0.4 is 5.32 Å². The van der Waals surface area contributed by atoms with Crippen molar-refractivity contribution in [1.82, 2.24) is 34.3 Å². The van der Waals surface area contributed by atoms with Crippen LogP contribution in [0.25, 0.3) is 5.78 Å². The monoisotopic (exact) mass is 292 g/mol. The Morgan fingerprint density at radius 3 is 3.00 bits per heavy atom. The van der Waals surface area contributed by atoms with Crippen LogP contribution in [0.2, 0.25) is 5.15 Å². The third kappa shape index (κ3) is 2.18. The Balaban J connectivity index is 1.82. The van der Waals surface area contributed by atoms with E-state index in [0.29, 0.717) is 17.5 Å². The van der Waals surface area contributed by atoms with Crippen LogP contribution >= 0.6 is 11.6 Å². The first-order valence-corrected chi connectivity index (χ1v) is 6.47. The van der Waals surface area contributed by atoms with Gasteiger partial charge in [0.1, 0.15) is 29.5 Å². The van der Waals surface area contributed by atoms with Crippen LogP contribution in [0, 0.1) is 6.92 Å². The molecule has 0 saturated heterocycles. The third-order valence-corrected chi connectivity index (χ3v) is 3.42. The van der Waals surface area contributed by atoms with E-state index in [-0.39, 0.29) is 0 Å². The number of hydrogen-bond acceptors (Lipinski definition) is 6. The van der Waals surface area contributed by atoms with Crippen LogP contribution in [0.5, 0.6) is 0 Å². The fraction of sp³-hybridized carbons (Fsp3) is 0.364. The Bertz CT molecular complexity index is 746. The molecule has 0 amide bonds. The maximum absolute atomic E-state index is 6.09. The fourth-order valence-corrected chi connectivity index (χ4v) is 2.10. The van der Waals surface area contributed by atoms with Crippen molar-refractivity contribution in [3.05, 3.63) is 29.2 Å². The highest BCUT2D eigenvalue weighted by atomic mass is 35.5. The highest BCUT2D eigenvalue weighted by Crippen LogP contribution is 2.21. The molecule has 0 atom stereocenters. The maximum atomic E-state index is 6.09. The van der Waals surface area contributed by atoms with E-state index < -0.39 is 0 Å². The quantitative estimate of drug-likeness (QED) is 0.718. The molecule has 0 spiro atoms. The number of aromatic nitrogens is 7. The van der Waals surface area contributed by atoms with Crippen LogP contribution in [-0.4, -0.2) is 40.9 Å². The van der Waals surface area contributed by atoms with Crippen molar-refractivity contribution in [1.29, 1.82) is 0 Å². The average molecular weight is 293 g/mol. The summed E-state index contributed by atoms with van der Waals surface area (Å²) in [6.07, 6.45) is 3.87. The van der Waals surface area contributed by atoms with Crippen molar-refractivity contribution >= 4 is 23.2 Å². The summed E-state index contributed by atoms with van der Waals surface area (Å²) in [5.41, 5.74) is 0.836. The molecule has 3 aromatic heterocycles. The van der Waals surface area contributed by atoms with Crippen molar-refractivity contribution in [2.75, 3.05) is 11.9 Å². The van der Waals surface area contributed by atoms with Crippen molar-refractivity contribution < 1.29 is 0 Å². The normalized spacial score (nSPS) is 11.2. The van der Waals surface area contributed by atoms with Gasteiger partial charge in [-0.1, -0.05) is 11.6 Å². The van der Waals surface area contributed by atoms with E-state index in [4.69, 9.17) is 11.6 Å². The van der Waals surface area contributed by atoms with Gasteiger partial charge in [-0.3, -0.25) is 0 Å². The second-order valence-electron chi connectivity index (χ2n) is 4.38. The standard InChI is InChI=1S/C11H13ClN8/c1-7-9(12)17-11-14-5-16-20(11)10(7)13-4-3-8-18-15-6-19(8)2/h5-6,13H,3-4H2,1-2H3. The Morgan fingerprint density at radius 2 is 2.25 bits per heavy atom. The second-order valence-corrected chi connectivity index (χ2v) is 4.74. The molecule has 0 aliphatic heterocycles. The molecule has 0 radical (unpaired) electrons. The Morgan fingerprint density at radius 1 is 1.40 bits per heavy atom. The van der Waals surface area contributed by atoms with E-state index in [2.05, 4.69) is 30.6 Å². The molecule has 104 valence electrons. The molecular weight excluding hydrogens is 280 g/mol. The molecule has 9 heteroatoms.